The van der Waals surface area contributed by atoms with Crippen molar-refractivity contribution in [1.82, 2.24) is 19.8 Å². The number of carboxylic acids is 1. The first-order chi connectivity index (χ1) is 12.9. The summed E-state index contributed by atoms with van der Waals surface area (Å²) >= 11 is 0. The first kappa shape index (κ1) is 17.9. The first-order valence-corrected chi connectivity index (χ1v) is 9.49. The second kappa shape index (κ2) is 6.58. The summed E-state index contributed by atoms with van der Waals surface area (Å²) in [4.78, 5) is 48.5. The third kappa shape index (κ3) is 3.28. The number of carboxylic acid groups (broad SMARTS) is 1. The van der Waals surface area contributed by atoms with E-state index in [1.165, 1.54) is 17.4 Å². The van der Waals surface area contributed by atoms with E-state index in [4.69, 9.17) is 0 Å². The molecule has 27 heavy (non-hydrogen) atoms. The molecule has 2 amide bonds. The van der Waals surface area contributed by atoms with Gasteiger partial charge in [-0.3, -0.25) is 9.59 Å². The van der Waals surface area contributed by atoms with Crippen LogP contribution in [0.2, 0.25) is 0 Å². The van der Waals surface area contributed by atoms with E-state index in [1.807, 2.05) is 4.90 Å². The highest BCUT2D eigenvalue weighted by Crippen LogP contribution is 2.45. The highest BCUT2D eigenvalue weighted by Gasteiger charge is 2.51. The Morgan fingerprint density at radius 3 is 2.52 bits per heavy atom. The Morgan fingerprint density at radius 1 is 1.22 bits per heavy atom. The number of hydrogen-bond donors (Lipinski definition) is 1. The molecule has 2 aliphatic heterocycles. The van der Waals surface area contributed by atoms with Crippen LogP contribution in [0.4, 0.5) is 0 Å². The molecule has 4 rings (SSSR count). The Balaban J connectivity index is 1.51. The first-order valence-electron chi connectivity index (χ1n) is 9.49. The van der Waals surface area contributed by atoms with Gasteiger partial charge in [-0.2, -0.15) is 0 Å². The van der Waals surface area contributed by atoms with Crippen molar-refractivity contribution in [2.75, 3.05) is 19.6 Å². The van der Waals surface area contributed by atoms with Gasteiger partial charge < -0.3 is 14.9 Å². The highest BCUT2D eigenvalue weighted by atomic mass is 16.4. The van der Waals surface area contributed by atoms with Crippen LogP contribution >= 0.6 is 0 Å². The van der Waals surface area contributed by atoms with Gasteiger partial charge in [-0.05, 0) is 44.4 Å². The minimum atomic E-state index is -0.980. The van der Waals surface area contributed by atoms with Crippen LogP contribution in [0.3, 0.4) is 0 Å². The van der Waals surface area contributed by atoms with Gasteiger partial charge in [0.05, 0.1) is 11.3 Å². The molecule has 1 atom stereocenters. The molecule has 1 unspecified atom stereocenters. The average molecular weight is 372 g/mol. The maximum atomic E-state index is 13.0. The van der Waals surface area contributed by atoms with E-state index in [9.17, 15) is 19.5 Å². The van der Waals surface area contributed by atoms with E-state index in [0.717, 1.165) is 25.7 Å². The minimum absolute atomic E-state index is 0.202. The van der Waals surface area contributed by atoms with E-state index < -0.39 is 12.0 Å². The summed E-state index contributed by atoms with van der Waals surface area (Å²) in [7, 11) is 0. The van der Waals surface area contributed by atoms with Crippen LogP contribution in [0.25, 0.3) is 0 Å². The zero-order chi connectivity index (χ0) is 19.2. The summed E-state index contributed by atoms with van der Waals surface area (Å²) < 4.78 is 0. The van der Waals surface area contributed by atoms with Crippen LogP contribution in [-0.4, -0.2) is 68.3 Å². The van der Waals surface area contributed by atoms with Crippen LogP contribution < -0.4 is 0 Å². The molecule has 0 bridgehead atoms. The number of carbonyl (C=O) groups excluding carboxylic acids is 2. The van der Waals surface area contributed by atoms with E-state index in [1.54, 1.807) is 6.92 Å². The summed E-state index contributed by atoms with van der Waals surface area (Å²) in [5, 5.41) is 9.69. The number of amides is 2. The van der Waals surface area contributed by atoms with E-state index in [0.29, 0.717) is 37.3 Å². The molecule has 3 fully saturated rings. The van der Waals surface area contributed by atoms with Gasteiger partial charge in [-0.25, -0.2) is 14.8 Å². The lowest BCUT2D eigenvalue weighted by Crippen LogP contribution is -2.45. The highest BCUT2D eigenvalue weighted by molar-refractivity contribution is 5.97. The van der Waals surface area contributed by atoms with Crippen molar-refractivity contribution in [3.63, 3.8) is 0 Å². The summed E-state index contributed by atoms with van der Waals surface area (Å²) in [6.45, 7) is 3.43. The molecule has 1 aromatic heterocycles. The van der Waals surface area contributed by atoms with Crippen molar-refractivity contribution in [2.45, 2.75) is 45.1 Å². The third-order valence-electron chi connectivity index (χ3n) is 6.26. The maximum absolute atomic E-state index is 13.0. The van der Waals surface area contributed by atoms with Crippen molar-refractivity contribution in [1.29, 1.82) is 0 Å². The quantitative estimate of drug-likeness (QED) is 0.852. The van der Waals surface area contributed by atoms with E-state index in [-0.39, 0.29) is 23.1 Å². The lowest BCUT2D eigenvalue weighted by molar-refractivity contribution is -0.141. The molecule has 8 heteroatoms. The van der Waals surface area contributed by atoms with Crippen molar-refractivity contribution in [3.8, 4) is 0 Å². The molecule has 3 heterocycles. The van der Waals surface area contributed by atoms with E-state index >= 15 is 0 Å². The van der Waals surface area contributed by atoms with Gasteiger partial charge in [0, 0.05) is 31.7 Å². The summed E-state index contributed by atoms with van der Waals surface area (Å²) in [6.07, 6.45) is 6.72. The average Bonchev–Trinajstić information content (AvgIpc) is 3.44. The standard InChI is InChI=1S/C19H24N4O4/c1-12-14(9-20-11-21-12)17(25)23-10-19(8-15(23)18(26)27)4-6-22(7-5-19)16(24)13-2-3-13/h9,11,13,15H,2-8,10H2,1H3,(H,26,27). The molecule has 1 spiro atoms. The summed E-state index contributed by atoms with van der Waals surface area (Å²) in [5.74, 6) is -0.865. The SMILES string of the molecule is Cc1ncncc1C(=O)N1CC2(CCN(C(=O)C3CC3)CC2)CC1C(=O)O. The molecular weight excluding hydrogens is 348 g/mol. The minimum Gasteiger partial charge on any atom is -0.480 e. The lowest BCUT2D eigenvalue weighted by atomic mass is 9.76. The molecule has 1 aromatic rings. The topological polar surface area (TPSA) is 104 Å². The van der Waals surface area contributed by atoms with Crippen LogP contribution in [0.5, 0.6) is 0 Å². The number of rotatable bonds is 3. The third-order valence-corrected chi connectivity index (χ3v) is 6.26. The van der Waals surface area contributed by atoms with Crippen molar-refractivity contribution >= 4 is 17.8 Å². The van der Waals surface area contributed by atoms with Crippen molar-refractivity contribution < 1.29 is 19.5 Å². The number of aromatic nitrogens is 2. The largest absolute Gasteiger partial charge is 0.480 e. The molecule has 0 radical (unpaired) electrons. The maximum Gasteiger partial charge on any atom is 0.326 e. The van der Waals surface area contributed by atoms with Gasteiger partial charge in [-0.15, -0.1) is 0 Å². The molecule has 8 nitrogen and oxygen atoms in total. The van der Waals surface area contributed by atoms with Crippen LogP contribution in [0, 0.1) is 18.3 Å². The van der Waals surface area contributed by atoms with Crippen LogP contribution in [0.1, 0.15) is 48.2 Å². The fourth-order valence-electron chi connectivity index (χ4n) is 4.40. The molecule has 1 saturated carbocycles. The Kier molecular flexibility index (Phi) is 4.36. The molecule has 144 valence electrons. The summed E-state index contributed by atoms with van der Waals surface area (Å²) in [6, 6.07) is -0.845. The number of nitrogens with zero attached hydrogens (tertiary/aromatic N) is 4. The van der Waals surface area contributed by atoms with Crippen LogP contribution in [0.15, 0.2) is 12.5 Å². The molecule has 1 N–H and O–H groups in total. The van der Waals surface area contributed by atoms with Crippen LogP contribution in [-0.2, 0) is 9.59 Å². The Hall–Kier alpha value is -2.51. The van der Waals surface area contributed by atoms with Gasteiger partial charge >= 0.3 is 5.97 Å². The van der Waals surface area contributed by atoms with E-state index in [2.05, 4.69) is 9.97 Å². The van der Waals surface area contributed by atoms with Crippen molar-refractivity contribution in [3.05, 3.63) is 23.8 Å². The predicted octanol–water partition coefficient (Wildman–Crippen LogP) is 1.10. The lowest BCUT2D eigenvalue weighted by Gasteiger charge is -2.39. The second-order valence-corrected chi connectivity index (χ2v) is 8.11. The smallest absolute Gasteiger partial charge is 0.326 e. The Labute approximate surface area is 157 Å². The molecule has 3 aliphatic rings. The number of likely N-dealkylation sites (tertiary alicyclic amines) is 2. The predicted molar refractivity (Wildman–Crippen MR) is 94.8 cm³/mol. The Bertz CT molecular complexity index is 784. The normalized spacial score (nSPS) is 24.3. The molecule has 2 saturated heterocycles. The number of carbonyl (C=O) groups is 3. The number of aliphatic carboxylic acids is 1. The van der Waals surface area contributed by atoms with Crippen molar-refractivity contribution in [2.24, 2.45) is 11.3 Å². The fourth-order valence-corrected chi connectivity index (χ4v) is 4.40. The number of hydrogen-bond acceptors (Lipinski definition) is 5. The van der Waals surface area contributed by atoms with Gasteiger partial charge in [0.1, 0.15) is 12.4 Å². The number of piperidine rings is 1. The van der Waals surface area contributed by atoms with Gasteiger partial charge in [-0.1, -0.05) is 0 Å². The zero-order valence-electron chi connectivity index (χ0n) is 15.4. The monoisotopic (exact) mass is 372 g/mol. The molecule has 1 aliphatic carbocycles. The Morgan fingerprint density at radius 2 is 1.93 bits per heavy atom. The number of aryl methyl sites for hydroxylation is 1. The second-order valence-electron chi connectivity index (χ2n) is 8.11. The molecular formula is C19H24N4O4. The van der Waals surface area contributed by atoms with Gasteiger partial charge in [0.25, 0.3) is 5.91 Å². The van der Waals surface area contributed by atoms with Gasteiger partial charge in [0.2, 0.25) is 5.91 Å². The fraction of sp³-hybridized carbons (Fsp3) is 0.632. The van der Waals surface area contributed by atoms with Gasteiger partial charge in [0.15, 0.2) is 0 Å². The zero-order valence-corrected chi connectivity index (χ0v) is 15.4. The summed E-state index contributed by atoms with van der Waals surface area (Å²) in [5.41, 5.74) is 0.662. The molecule has 0 aromatic carbocycles.